The van der Waals surface area contributed by atoms with E-state index in [0.717, 1.165) is 23.1 Å². The lowest BCUT2D eigenvalue weighted by Gasteiger charge is -2.27. The number of aryl methyl sites for hydroxylation is 2. The molecule has 3 nitrogen and oxygen atoms in total. The highest BCUT2D eigenvalue weighted by molar-refractivity contribution is 9.10. The maximum Gasteiger partial charge on any atom is 0.0738 e. The molecule has 2 unspecified atom stereocenters. The van der Waals surface area contributed by atoms with E-state index >= 15 is 0 Å². The Labute approximate surface area is 122 Å². The van der Waals surface area contributed by atoms with Gasteiger partial charge in [0.2, 0.25) is 0 Å². The number of rotatable bonds is 4. The second kappa shape index (κ2) is 6.44. The Morgan fingerprint density at radius 1 is 1.56 bits per heavy atom. The molecule has 0 aromatic carbocycles. The average Bonchev–Trinajstić information content (AvgIpc) is 2.67. The molecule has 0 saturated carbocycles. The molecule has 1 aliphatic heterocycles. The van der Waals surface area contributed by atoms with Crippen molar-refractivity contribution in [1.82, 2.24) is 9.78 Å². The summed E-state index contributed by atoms with van der Waals surface area (Å²) in [5.74, 6) is 1.27. The first-order chi connectivity index (χ1) is 8.63. The number of thioether (sulfide) groups is 1. The maximum atomic E-state index is 6.40. The van der Waals surface area contributed by atoms with Crippen molar-refractivity contribution in [3.05, 3.63) is 15.9 Å². The summed E-state index contributed by atoms with van der Waals surface area (Å²) < 4.78 is 3.22. The monoisotopic (exact) mass is 331 g/mol. The van der Waals surface area contributed by atoms with Crippen LogP contribution in [0, 0.1) is 6.92 Å². The van der Waals surface area contributed by atoms with Gasteiger partial charge in [-0.15, -0.1) is 0 Å². The van der Waals surface area contributed by atoms with Crippen molar-refractivity contribution in [2.24, 2.45) is 5.73 Å². The van der Waals surface area contributed by atoms with Crippen LogP contribution in [0.15, 0.2) is 4.47 Å². The van der Waals surface area contributed by atoms with Crippen molar-refractivity contribution in [2.75, 3.05) is 5.75 Å². The molecule has 5 heteroatoms. The van der Waals surface area contributed by atoms with Crippen molar-refractivity contribution in [2.45, 2.75) is 57.4 Å². The van der Waals surface area contributed by atoms with Crippen LogP contribution in [-0.2, 0) is 13.0 Å². The Hall–Kier alpha value is -0.0000000000000000555. The van der Waals surface area contributed by atoms with E-state index in [1.165, 1.54) is 30.7 Å². The first kappa shape index (κ1) is 14.4. The smallest absolute Gasteiger partial charge is 0.0738 e. The molecule has 0 amide bonds. The summed E-state index contributed by atoms with van der Waals surface area (Å²) in [7, 11) is 0. The van der Waals surface area contributed by atoms with E-state index in [-0.39, 0.29) is 6.04 Å². The summed E-state index contributed by atoms with van der Waals surface area (Å²) >= 11 is 5.70. The Balaban J connectivity index is 2.08. The molecule has 2 atom stereocenters. The van der Waals surface area contributed by atoms with Crippen LogP contribution in [-0.4, -0.2) is 26.8 Å². The lowest BCUT2D eigenvalue weighted by atomic mass is 10.0. The molecule has 18 heavy (non-hydrogen) atoms. The Morgan fingerprint density at radius 2 is 2.33 bits per heavy atom. The van der Waals surface area contributed by atoms with Crippen molar-refractivity contribution in [3.63, 3.8) is 0 Å². The third-order valence-corrected chi connectivity index (χ3v) is 6.14. The quantitative estimate of drug-likeness (QED) is 0.921. The van der Waals surface area contributed by atoms with Crippen molar-refractivity contribution < 1.29 is 0 Å². The zero-order valence-corrected chi connectivity index (χ0v) is 13.6. The van der Waals surface area contributed by atoms with Crippen molar-refractivity contribution in [3.8, 4) is 0 Å². The second-order valence-corrected chi connectivity index (χ2v) is 7.07. The summed E-state index contributed by atoms with van der Waals surface area (Å²) in [6, 6.07) is 0.244. The SMILES string of the molecule is CCn1nc(C)c(Br)c1CC(N)C1CCCCS1. The van der Waals surface area contributed by atoms with Crippen molar-refractivity contribution >= 4 is 27.7 Å². The minimum absolute atomic E-state index is 0.244. The summed E-state index contributed by atoms with van der Waals surface area (Å²) in [6.07, 6.45) is 4.87. The van der Waals surface area contributed by atoms with E-state index in [2.05, 4.69) is 32.6 Å². The fraction of sp³-hybridized carbons (Fsp3) is 0.769. The number of hydrogen-bond donors (Lipinski definition) is 1. The van der Waals surface area contributed by atoms with E-state index in [9.17, 15) is 0 Å². The van der Waals surface area contributed by atoms with Gasteiger partial charge < -0.3 is 5.73 Å². The first-order valence-corrected chi connectivity index (χ1v) is 8.56. The third-order valence-electron chi connectivity index (χ3n) is 3.57. The van der Waals surface area contributed by atoms with Crippen LogP contribution in [0.25, 0.3) is 0 Å². The maximum absolute atomic E-state index is 6.40. The molecular weight excluding hydrogens is 310 g/mol. The first-order valence-electron chi connectivity index (χ1n) is 6.72. The molecule has 0 bridgehead atoms. The van der Waals surface area contributed by atoms with Crippen molar-refractivity contribution in [1.29, 1.82) is 0 Å². The summed E-state index contributed by atoms with van der Waals surface area (Å²) in [6.45, 7) is 5.08. The minimum atomic E-state index is 0.244. The third kappa shape index (κ3) is 3.11. The molecular formula is C13H22BrN3S. The van der Waals surface area contributed by atoms with Crippen LogP contribution in [0.5, 0.6) is 0 Å². The molecule has 2 rings (SSSR count). The molecule has 1 saturated heterocycles. The fourth-order valence-corrected chi connectivity index (χ4v) is 4.32. The molecule has 1 aromatic rings. The summed E-state index contributed by atoms with van der Waals surface area (Å²) in [4.78, 5) is 0. The van der Waals surface area contributed by atoms with Gasteiger partial charge >= 0.3 is 0 Å². The van der Waals surface area contributed by atoms with Gasteiger partial charge in [-0.1, -0.05) is 6.42 Å². The average molecular weight is 332 g/mol. The predicted molar refractivity (Wildman–Crippen MR) is 82.1 cm³/mol. The van der Waals surface area contributed by atoms with E-state index < -0.39 is 0 Å². The molecule has 1 aromatic heterocycles. The van der Waals surface area contributed by atoms with Crippen LogP contribution in [0.2, 0.25) is 0 Å². The molecule has 0 aliphatic carbocycles. The van der Waals surface area contributed by atoms with Gasteiger partial charge in [0.1, 0.15) is 0 Å². The molecule has 1 aliphatic rings. The molecule has 102 valence electrons. The van der Waals surface area contributed by atoms with Crippen LogP contribution < -0.4 is 5.73 Å². The fourth-order valence-electron chi connectivity index (χ4n) is 2.52. The number of nitrogens with two attached hydrogens (primary N) is 1. The van der Waals surface area contributed by atoms with Gasteiger partial charge in [0, 0.05) is 24.3 Å². The van der Waals surface area contributed by atoms with Crippen LogP contribution in [0.3, 0.4) is 0 Å². The van der Waals surface area contributed by atoms with Gasteiger partial charge in [-0.3, -0.25) is 4.68 Å². The van der Waals surface area contributed by atoms with Crippen LogP contribution in [0.4, 0.5) is 0 Å². The molecule has 0 radical (unpaired) electrons. The van der Waals surface area contributed by atoms with E-state index in [0.29, 0.717) is 5.25 Å². The molecule has 2 N–H and O–H groups in total. The Morgan fingerprint density at radius 3 is 2.94 bits per heavy atom. The highest BCUT2D eigenvalue weighted by Crippen LogP contribution is 2.30. The largest absolute Gasteiger partial charge is 0.326 e. The Bertz CT molecular complexity index is 399. The number of halogens is 1. The lowest BCUT2D eigenvalue weighted by molar-refractivity contribution is 0.529. The van der Waals surface area contributed by atoms with Gasteiger partial charge in [-0.25, -0.2) is 0 Å². The van der Waals surface area contributed by atoms with E-state index in [1.807, 2.05) is 18.7 Å². The standard InChI is InChI=1S/C13H22BrN3S/c1-3-17-11(13(14)9(2)16-17)8-10(15)12-6-4-5-7-18-12/h10,12H,3-8,15H2,1-2H3. The summed E-state index contributed by atoms with van der Waals surface area (Å²) in [5.41, 5.74) is 8.72. The zero-order chi connectivity index (χ0) is 13.1. The normalized spacial score (nSPS) is 22.1. The molecule has 1 fully saturated rings. The lowest BCUT2D eigenvalue weighted by Crippen LogP contribution is -2.36. The molecule has 0 spiro atoms. The van der Waals surface area contributed by atoms with Crippen LogP contribution >= 0.6 is 27.7 Å². The Kier molecular flexibility index (Phi) is 5.15. The van der Waals surface area contributed by atoms with E-state index in [4.69, 9.17) is 5.73 Å². The molecule has 2 heterocycles. The van der Waals surface area contributed by atoms with Gasteiger partial charge in [0.15, 0.2) is 0 Å². The van der Waals surface area contributed by atoms with E-state index in [1.54, 1.807) is 0 Å². The van der Waals surface area contributed by atoms with Gasteiger partial charge in [0.05, 0.1) is 15.9 Å². The van der Waals surface area contributed by atoms with Gasteiger partial charge in [-0.05, 0) is 48.4 Å². The zero-order valence-electron chi connectivity index (χ0n) is 11.2. The second-order valence-electron chi connectivity index (χ2n) is 4.93. The number of aromatic nitrogens is 2. The van der Waals surface area contributed by atoms with Crippen LogP contribution in [0.1, 0.15) is 37.6 Å². The topological polar surface area (TPSA) is 43.8 Å². The predicted octanol–water partition coefficient (Wildman–Crippen LogP) is 3.13. The van der Waals surface area contributed by atoms with Gasteiger partial charge in [-0.2, -0.15) is 16.9 Å². The highest BCUT2D eigenvalue weighted by atomic mass is 79.9. The number of nitrogens with zero attached hydrogens (tertiary/aromatic N) is 2. The summed E-state index contributed by atoms with van der Waals surface area (Å²) in [5, 5.41) is 5.15. The number of hydrogen-bond acceptors (Lipinski definition) is 3. The minimum Gasteiger partial charge on any atom is -0.326 e. The highest BCUT2D eigenvalue weighted by Gasteiger charge is 2.24. The van der Waals surface area contributed by atoms with Gasteiger partial charge in [0.25, 0.3) is 0 Å².